The Kier molecular flexibility index (Phi) is 4.17. The average Bonchev–Trinajstić information content (AvgIpc) is 2.40. The van der Waals surface area contributed by atoms with Gasteiger partial charge in [0.1, 0.15) is 0 Å². The van der Waals surface area contributed by atoms with Gasteiger partial charge in [0, 0.05) is 4.90 Å². The lowest BCUT2D eigenvalue weighted by Crippen LogP contribution is -2.28. The summed E-state index contributed by atoms with van der Waals surface area (Å²) in [5.41, 5.74) is 0.836. The molecule has 1 unspecified atom stereocenters. The average molecular weight is 274 g/mol. The third-order valence-corrected chi connectivity index (χ3v) is 4.71. The molecule has 1 N–H and O–H groups in total. The van der Waals surface area contributed by atoms with Crippen LogP contribution in [0.25, 0.3) is 0 Å². The summed E-state index contributed by atoms with van der Waals surface area (Å²) in [5.74, 6) is 0.195. The predicted molar refractivity (Wildman–Crippen MR) is 78.5 cm³/mol. The maximum Gasteiger partial charge on any atom is 0.0986 e. The lowest BCUT2D eigenvalue weighted by molar-refractivity contribution is 0.0829. The van der Waals surface area contributed by atoms with E-state index in [9.17, 15) is 9.32 Å². The molecule has 100 valence electrons. The Balaban J connectivity index is 2.16. The number of hydrogen-bond donors (Lipinski definition) is 1. The third-order valence-electron chi connectivity index (χ3n) is 3.09. The van der Waals surface area contributed by atoms with Crippen LogP contribution in [0.3, 0.4) is 0 Å². The zero-order chi connectivity index (χ0) is 13.9. The van der Waals surface area contributed by atoms with E-state index >= 15 is 0 Å². The van der Waals surface area contributed by atoms with Crippen molar-refractivity contribution in [2.75, 3.05) is 5.75 Å². The molecule has 0 fully saturated rings. The molecule has 0 saturated carbocycles. The second-order valence-corrected chi connectivity index (χ2v) is 6.39. The second-order valence-electron chi connectivity index (χ2n) is 4.94. The molecule has 0 heterocycles. The smallest absolute Gasteiger partial charge is 0.0986 e. The first-order valence-corrected chi connectivity index (χ1v) is 7.54. The van der Waals surface area contributed by atoms with Gasteiger partial charge in [-0.15, -0.1) is 0 Å². The van der Waals surface area contributed by atoms with E-state index < -0.39 is 16.4 Å². The molecule has 0 aromatic heterocycles. The monoisotopic (exact) mass is 274 g/mol. The minimum absolute atomic E-state index is 0.195. The largest absolute Gasteiger partial charge is 0.384 e. The summed E-state index contributed by atoms with van der Waals surface area (Å²) >= 11 is 0. The summed E-state index contributed by atoms with van der Waals surface area (Å²) in [7, 11) is -1.21. The lowest BCUT2D eigenvalue weighted by Gasteiger charge is -2.23. The van der Waals surface area contributed by atoms with Gasteiger partial charge in [-0.1, -0.05) is 48.0 Å². The minimum atomic E-state index is -1.21. The van der Waals surface area contributed by atoms with E-state index in [0.717, 1.165) is 16.0 Å². The topological polar surface area (TPSA) is 37.3 Å². The Bertz CT molecular complexity index is 559. The van der Waals surface area contributed by atoms with Crippen LogP contribution in [0, 0.1) is 6.92 Å². The highest BCUT2D eigenvalue weighted by Gasteiger charge is 2.26. The summed E-state index contributed by atoms with van der Waals surface area (Å²) in [4.78, 5) is 0.752. The Morgan fingerprint density at radius 3 is 2.21 bits per heavy atom. The van der Waals surface area contributed by atoms with Gasteiger partial charge in [-0.3, -0.25) is 4.21 Å². The molecule has 2 aromatic carbocycles. The van der Waals surface area contributed by atoms with Crippen molar-refractivity contribution in [3.63, 3.8) is 0 Å². The molecule has 0 bridgehead atoms. The van der Waals surface area contributed by atoms with Crippen LogP contribution in [0.1, 0.15) is 18.1 Å². The van der Waals surface area contributed by atoms with E-state index in [4.69, 9.17) is 0 Å². The molecule has 0 spiro atoms. The van der Waals surface area contributed by atoms with Crippen LogP contribution in [0.15, 0.2) is 59.5 Å². The highest BCUT2D eigenvalue weighted by atomic mass is 32.2. The second kappa shape index (κ2) is 5.68. The summed E-state index contributed by atoms with van der Waals surface area (Å²) in [6, 6.07) is 16.9. The van der Waals surface area contributed by atoms with Crippen LogP contribution in [-0.4, -0.2) is 15.1 Å². The van der Waals surface area contributed by atoms with Crippen LogP contribution in [0.2, 0.25) is 0 Å². The van der Waals surface area contributed by atoms with Crippen molar-refractivity contribution < 1.29 is 9.32 Å². The van der Waals surface area contributed by atoms with E-state index in [1.165, 1.54) is 0 Å². The van der Waals surface area contributed by atoms with Crippen molar-refractivity contribution in [2.24, 2.45) is 0 Å². The van der Waals surface area contributed by atoms with E-state index in [1.807, 2.05) is 61.5 Å². The number of hydrogen-bond acceptors (Lipinski definition) is 2. The summed E-state index contributed by atoms with van der Waals surface area (Å²) < 4.78 is 12.3. The molecular weight excluding hydrogens is 256 g/mol. The van der Waals surface area contributed by atoms with Crippen LogP contribution in [-0.2, 0) is 16.4 Å². The Morgan fingerprint density at radius 2 is 1.63 bits per heavy atom. The Morgan fingerprint density at radius 1 is 1.05 bits per heavy atom. The third kappa shape index (κ3) is 3.52. The number of aryl methyl sites for hydroxylation is 1. The van der Waals surface area contributed by atoms with Crippen LogP contribution >= 0.6 is 0 Å². The molecule has 19 heavy (non-hydrogen) atoms. The van der Waals surface area contributed by atoms with Crippen molar-refractivity contribution >= 4 is 10.8 Å². The molecule has 2 rings (SSSR count). The van der Waals surface area contributed by atoms with Gasteiger partial charge < -0.3 is 5.11 Å². The van der Waals surface area contributed by atoms with Gasteiger partial charge in [0.15, 0.2) is 0 Å². The Labute approximate surface area is 116 Å². The van der Waals surface area contributed by atoms with Crippen molar-refractivity contribution in [3.05, 3.63) is 65.7 Å². The van der Waals surface area contributed by atoms with Gasteiger partial charge >= 0.3 is 0 Å². The quantitative estimate of drug-likeness (QED) is 0.930. The predicted octanol–water partition coefficient (Wildman–Crippen LogP) is 3.01. The first-order chi connectivity index (χ1) is 8.99. The van der Waals surface area contributed by atoms with Crippen molar-refractivity contribution in [2.45, 2.75) is 24.3 Å². The number of rotatable bonds is 4. The number of benzene rings is 2. The molecular formula is C16H18O2S. The van der Waals surface area contributed by atoms with E-state index in [1.54, 1.807) is 6.92 Å². The highest BCUT2D eigenvalue weighted by Crippen LogP contribution is 2.23. The Hall–Kier alpha value is -1.45. The van der Waals surface area contributed by atoms with Gasteiger partial charge in [0.25, 0.3) is 0 Å². The van der Waals surface area contributed by atoms with Gasteiger partial charge in [-0.05, 0) is 31.5 Å². The van der Waals surface area contributed by atoms with Gasteiger partial charge in [0.05, 0.1) is 22.2 Å². The van der Waals surface area contributed by atoms with Crippen molar-refractivity contribution in [1.29, 1.82) is 0 Å². The molecule has 2 atom stereocenters. The molecule has 0 amide bonds. The van der Waals surface area contributed by atoms with E-state index in [-0.39, 0.29) is 5.75 Å². The minimum Gasteiger partial charge on any atom is -0.384 e. The molecule has 3 heteroatoms. The molecule has 0 aliphatic heterocycles. The zero-order valence-electron chi connectivity index (χ0n) is 11.2. The first-order valence-electron chi connectivity index (χ1n) is 6.22. The fourth-order valence-electron chi connectivity index (χ4n) is 1.91. The zero-order valence-corrected chi connectivity index (χ0v) is 12.0. The van der Waals surface area contributed by atoms with Crippen LogP contribution in [0.5, 0.6) is 0 Å². The molecule has 2 aromatic rings. The highest BCUT2D eigenvalue weighted by molar-refractivity contribution is 7.85. The fourth-order valence-corrected chi connectivity index (χ4v) is 3.19. The standard InChI is InChI=1S/C16H18O2S/c1-13-8-10-15(11-9-13)19(18)12-16(2,17)14-6-4-3-5-7-14/h3-11,17H,12H2,1-2H3/t16-,19?/m0/s1. The molecule has 0 aliphatic rings. The van der Waals surface area contributed by atoms with Gasteiger partial charge in [-0.2, -0.15) is 0 Å². The van der Waals surface area contributed by atoms with E-state index in [0.29, 0.717) is 0 Å². The first kappa shape index (κ1) is 14.0. The maximum atomic E-state index is 12.3. The van der Waals surface area contributed by atoms with Crippen LogP contribution < -0.4 is 0 Å². The van der Waals surface area contributed by atoms with Gasteiger partial charge in [-0.25, -0.2) is 0 Å². The van der Waals surface area contributed by atoms with Crippen molar-refractivity contribution in [1.82, 2.24) is 0 Å². The van der Waals surface area contributed by atoms with Crippen LogP contribution in [0.4, 0.5) is 0 Å². The van der Waals surface area contributed by atoms with Crippen molar-refractivity contribution in [3.8, 4) is 0 Å². The summed E-state index contributed by atoms with van der Waals surface area (Å²) in [5, 5.41) is 10.5. The van der Waals surface area contributed by atoms with Gasteiger partial charge in [0.2, 0.25) is 0 Å². The molecule has 0 radical (unpaired) electrons. The maximum absolute atomic E-state index is 12.3. The molecule has 0 saturated heterocycles. The van der Waals surface area contributed by atoms with E-state index in [2.05, 4.69) is 0 Å². The molecule has 0 aliphatic carbocycles. The lowest BCUT2D eigenvalue weighted by atomic mass is 9.99. The molecule has 2 nitrogen and oxygen atoms in total. The normalized spacial score (nSPS) is 15.7. The summed E-state index contributed by atoms with van der Waals surface area (Å²) in [6.07, 6.45) is 0. The fraction of sp³-hybridized carbons (Fsp3) is 0.250. The summed E-state index contributed by atoms with van der Waals surface area (Å²) in [6.45, 7) is 3.70. The SMILES string of the molecule is Cc1ccc(S(=O)C[C@](C)(O)c2ccccc2)cc1. The number of aliphatic hydroxyl groups is 1.